The van der Waals surface area contributed by atoms with Crippen LogP contribution >= 0.6 is 0 Å². The molecule has 1 aromatic carbocycles. The fraction of sp³-hybridized carbons (Fsp3) is 0.389. The zero-order valence-electron chi connectivity index (χ0n) is 14.0. The van der Waals surface area contributed by atoms with Crippen molar-refractivity contribution in [3.8, 4) is 0 Å². The molecule has 3 aromatic rings. The second kappa shape index (κ2) is 6.68. The Labute approximate surface area is 144 Å². The maximum Gasteiger partial charge on any atom is 0.251 e. The lowest BCUT2D eigenvalue weighted by atomic mass is 9.91. The number of aryl methyl sites for hydroxylation is 1. The highest BCUT2D eigenvalue weighted by Gasteiger charge is 2.31. The Balaban J connectivity index is 1.59. The number of aromatic nitrogens is 3. The van der Waals surface area contributed by atoms with Gasteiger partial charge in [0.1, 0.15) is 6.04 Å². The number of H-pyrrole nitrogens is 1. The number of nitrogens with zero attached hydrogens (tertiary/aromatic N) is 2. The number of amides is 1. The van der Waals surface area contributed by atoms with Gasteiger partial charge in [-0.3, -0.25) is 4.79 Å². The van der Waals surface area contributed by atoms with E-state index in [-0.39, 0.29) is 17.9 Å². The van der Waals surface area contributed by atoms with E-state index >= 15 is 0 Å². The molecule has 1 fully saturated rings. The average Bonchev–Trinajstić information content (AvgIpc) is 3.28. The van der Waals surface area contributed by atoms with Gasteiger partial charge in [0.2, 0.25) is 5.89 Å². The van der Waals surface area contributed by atoms with Crippen molar-refractivity contribution in [3.63, 3.8) is 0 Å². The molecular formula is C18H20N4O3. The van der Waals surface area contributed by atoms with Gasteiger partial charge in [-0.2, -0.15) is 4.98 Å². The molecule has 2 aromatic heterocycles. The summed E-state index contributed by atoms with van der Waals surface area (Å²) in [6.07, 6.45) is 3.56. The minimum Gasteiger partial charge on any atom is -0.381 e. The van der Waals surface area contributed by atoms with Crippen LogP contribution in [-0.2, 0) is 4.74 Å². The monoisotopic (exact) mass is 340 g/mol. The Kier molecular flexibility index (Phi) is 4.23. The summed E-state index contributed by atoms with van der Waals surface area (Å²) >= 11 is 0. The molecule has 0 spiro atoms. The van der Waals surface area contributed by atoms with Gasteiger partial charge in [0.05, 0.1) is 0 Å². The summed E-state index contributed by atoms with van der Waals surface area (Å²) in [7, 11) is 0. The number of hydrogen-bond acceptors (Lipinski definition) is 5. The molecule has 1 saturated heterocycles. The molecule has 1 amide bonds. The average molecular weight is 340 g/mol. The van der Waals surface area contributed by atoms with Crippen LogP contribution in [0.5, 0.6) is 0 Å². The Bertz CT molecular complexity index is 879. The van der Waals surface area contributed by atoms with Crippen molar-refractivity contribution >= 4 is 16.8 Å². The first-order valence-corrected chi connectivity index (χ1v) is 8.46. The number of benzene rings is 1. The van der Waals surface area contributed by atoms with E-state index in [0.717, 1.165) is 23.7 Å². The fourth-order valence-electron chi connectivity index (χ4n) is 3.29. The molecule has 0 saturated carbocycles. The summed E-state index contributed by atoms with van der Waals surface area (Å²) < 4.78 is 10.8. The van der Waals surface area contributed by atoms with Crippen molar-refractivity contribution in [3.05, 3.63) is 47.7 Å². The zero-order valence-corrected chi connectivity index (χ0v) is 14.0. The number of fused-ring (bicyclic) bond motifs is 1. The summed E-state index contributed by atoms with van der Waals surface area (Å²) in [6, 6.07) is 7.24. The molecular weight excluding hydrogens is 320 g/mol. The number of rotatable bonds is 4. The van der Waals surface area contributed by atoms with Gasteiger partial charge in [-0.05, 0) is 49.9 Å². The van der Waals surface area contributed by atoms with Gasteiger partial charge in [-0.25, -0.2) is 0 Å². The second-order valence-corrected chi connectivity index (χ2v) is 6.36. The van der Waals surface area contributed by atoms with Gasteiger partial charge in [-0.1, -0.05) is 5.16 Å². The van der Waals surface area contributed by atoms with Crippen LogP contribution < -0.4 is 5.32 Å². The van der Waals surface area contributed by atoms with Crippen molar-refractivity contribution in [2.24, 2.45) is 5.92 Å². The number of ether oxygens (including phenoxy) is 1. The van der Waals surface area contributed by atoms with Crippen molar-refractivity contribution in [1.82, 2.24) is 20.4 Å². The van der Waals surface area contributed by atoms with Gasteiger partial charge >= 0.3 is 0 Å². The lowest BCUT2D eigenvalue weighted by Gasteiger charge is -2.28. The predicted octanol–water partition coefficient (Wildman–Crippen LogP) is 2.76. The van der Waals surface area contributed by atoms with Crippen LogP contribution in [0, 0.1) is 12.8 Å². The fourth-order valence-corrected chi connectivity index (χ4v) is 3.29. The zero-order chi connectivity index (χ0) is 17.2. The molecule has 7 heteroatoms. The maximum atomic E-state index is 12.8. The van der Waals surface area contributed by atoms with Crippen LogP contribution in [0.3, 0.4) is 0 Å². The molecule has 0 bridgehead atoms. The molecule has 7 nitrogen and oxygen atoms in total. The van der Waals surface area contributed by atoms with E-state index in [9.17, 15) is 4.79 Å². The first-order chi connectivity index (χ1) is 12.2. The van der Waals surface area contributed by atoms with E-state index in [1.54, 1.807) is 6.92 Å². The van der Waals surface area contributed by atoms with Crippen LogP contribution in [0.4, 0.5) is 0 Å². The van der Waals surface area contributed by atoms with E-state index in [4.69, 9.17) is 9.26 Å². The summed E-state index contributed by atoms with van der Waals surface area (Å²) in [6.45, 7) is 3.13. The van der Waals surface area contributed by atoms with Gasteiger partial charge in [-0.15, -0.1) is 0 Å². The first-order valence-electron chi connectivity index (χ1n) is 8.46. The highest BCUT2D eigenvalue weighted by Crippen LogP contribution is 2.29. The van der Waals surface area contributed by atoms with Crippen LogP contribution in [0.2, 0.25) is 0 Å². The molecule has 25 heavy (non-hydrogen) atoms. The van der Waals surface area contributed by atoms with E-state index in [0.29, 0.717) is 30.5 Å². The third kappa shape index (κ3) is 3.28. The van der Waals surface area contributed by atoms with Crippen LogP contribution in [0.1, 0.15) is 41.0 Å². The molecule has 1 aliphatic rings. The highest BCUT2D eigenvalue weighted by atomic mass is 16.5. The van der Waals surface area contributed by atoms with Crippen molar-refractivity contribution < 1.29 is 14.1 Å². The number of hydrogen-bond donors (Lipinski definition) is 2. The molecule has 1 atom stereocenters. The molecule has 3 heterocycles. The normalized spacial score (nSPS) is 16.8. The van der Waals surface area contributed by atoms with Gasteiger partial charge in [0.25, 0.3) is 5.91 Å². The SMILES string of the molecule is Cc1noc([C@@H](NC(=O)c2ccc3[nH]ccc3c2)C2CCOCC2)n1. The Morgan fingerprint density at radius 3 is 2.92 bits per heavy atom. The van der Waals surface area contributed by atoms with Crippen molar-refractivity contribution in [2.75, 3.05) is 13.2 Å². The summed E-state index contributed by atoms with van der Waals surface area (Å²) in [5.74, 6) is 1.10. The van der Waals surface area contributed by atoms with Gasteiger partial charge in [0, 0.05) is 35.9 Å². The maximum absolute atomic E-state index is 12.8. The van der Waals surface area contributed by atoms with Crippen LogP contribution in [-0.4, -0.2) is 34.2 Å². The first kappa shape index (κ1) is 15.8. The molecule has 130 valence electrons. The molecule has 1 aliphatic heterocycles. The standard InChI is InChI=1S/C18H20N4O3/c1-11-20-18(25-22-11)16(12-5-8-24-9-6-12)21-17(23)14-2-3-15-13(10-14)4-7-19-15/h2-4,7,10,12,16,19H,5-6,8-9H2,1H3,(H,21,23)/t16-/m0/s1. The molecule has 0 radical (unpaired) electrons. The minimum atomic E-state index is -0.306. The van der Waals surface area contributed by atoms with Gasteiger partial charge in [0.15, 0.2) is 5.82 Å². The number of carbonyl (C=O) groups is 1. The quantitative estimate of drug-likeness (QED) is 0.762. The second-order valence-electron chi connectivity index (χ2n) is 6.36. The van der Waals surface area contributed by atoms with E-state index in [1.165, 1.54) is 0 Å². The summed E-state index contributed by atoms with van der Waals surface area (Å²) in [4.78, 5) is 20.3. The van der Waals surface area contributed by atoms with E-state index in [1.807, 2.05) is 30.5 Å². The number of nitrogens with one attached hydrogen (secondary N) is 2. The lowest BCUT2D eigenvalue weighted by molar-refractivity contribution is 0.0468. The number of aromatic amines is 1. The molecule has 2 N–H and O–H groups in total. The Morgan fingerprint density at radius 2 is 2.16 bits per heavy atom. The van der Waals surface area contributed by atoms with Gasteiger partial charge < -0.3 is 19.6 Å². The van der Waals surface area contributed by atoms with Crippen molar-refractivity contribution in [1.29, 1.82) is 0 Å². The van der Waals surface area contributed by atoms with Crippen LogP contribution in [0.25, 0.3) is 10.9 Å². The molecule has 0 unspecified atom stereocenters. The predicted molar refractivity (Wildman–Crippen MR) is 91.1 cm³/mol. The smallest absolute Gasteiger partial charge is 0.251 e. The lowest BCUT2D eigenvalue weighted by Crippen LogP contribution is -2.36. The third-order valence-electron chi connectivity index (χ3n) is 4.65. The van der Waals surface area contributed by atoms with E-state index in [2.05, 4.69) is 20.4 Å². The summed E-state index contributed by atoms with van der Waals surface area (Å²) in [5.41, 5.74) is 1.62. The topological polar surface area (TPSA) is 93.0 Å². The Hall–Kier alpha value is -2.67. The number of carbonyl (C=O) groups excluding carboxylic acids is 1. The van der Waals surface area contributed by atoms with Crippen molar-refractivity contribution in [2.45, 2.75) is 25.8 Å². The minimum absolute atomic E-state index is 0.143. The Morgan fingerprint density at radius 1 is 1.32 bits per heavy atom. The largest absolute Gasteiger partial charge is 0.381 e. The molecule has 4 rings (SSSR count). The van der Waals surface area contributed by atoms with Crippen LogP contribution in [0.15, 0.2) is 35.0 Å². The highest BCUT2D eigenvalue weighted by molar-refractivity contribution is 5.98. The summed E-state index contributed by atoms with van der Waals surface area (Å²) in [5, 5.41) is 7.97. The van der Waals surface area contributed by atoms with E-state index < -0.39 is 0 Å². The molecule has 0 aliphatic carbocycles. The third-order valence-corrected chi connectivity index (χ3v) is 4.65.